The Kier molecular flexibility index (Phi) is 10.8. The van der Waals surface area contributed by atoms with Crippen molar-refractivity contribution in [2.24, 2.45) is 5.92 Å². The highest BCUT2D eigenvalue weighted by Gasteiger charge is 2.22. The molecule has 0 aromatic heterocycles. The van der Waals surface area contributed by atoms with E-state index in [-0.39, 0.29) is 6.61 Å². The van der Waals surface area contributed by atoms with Gasteiger partial charge in [-0.2, -0.15) is 11.8 Å². The molecule has 1 unspecified atom stereocenters. The highest BCUT2D eigenvalue weighted by Crippen LogP contribution is 2.07. The molecule has 1 amide bonds. The Morgan fingerprint density at radius 1 is 1.12 bits per heavy atom. The predicted octanol–water partition coefficient (Wildman–Crippen LogP) is 4.01. The number of ether oxygens (including phenoxy) is 2. The van der Waals surface area contributed by atoms with E-state index >= 15 is 0 Å². The van der Waals surface area contributed by atoms with E-state index in [9.17, 15) is 9.59 Å². The maximum absolute atomic E-state index is 12.2. The summed E-state index contributed by atoms with van der Waals surface area (Å²) in [6, 6.07) is 8.74. The number of amides is 1. The SMILES string of the molecule is CSCCC(NC(=O)OCc1ccccc1)C(=O)OCCCC(C)C. The summed E-state index contributed by atoms with van der Waals surface area (Å²) >= 11 is 1.62. The summed E-state index contributed by atoms with van der Waals surface area (Å²) < 4.78 is 10.5. The number of thioether (sulfide) groups is 1. The number of nitrogens with one attached hydrogen (secondary N) is 1. The molecule has 0 heterocycles. The fraction of sp³-hybridized carbons (Fsp3) is 0.579. The van der Waals surface area contributed by atoms with Crippen LogP contribution < -0.4 is 5.32 Å². The predicted molar refractivity (Wildman–Crippen MR) is 102 cm³/mol. The van der Waals surface area contributed by atoms with Gasteiger partial charge in [0.2, 0.25) is 0 Å². The van der Waals surface area contributed by atoms with Crippen LogP contribution in [0.2, 0.25) is 0 Å². The molecule has 6 heteroatoms. The minimum atomic E-state index is -0.672. The topological polar surface area (TPSA) is 64.6 Å². The Hall–Kier alpha value is -1.69. The van der Waals surface area contributed by atoms with Crippen molar-refractivity contribution in [1.82, 2.24) is 5.32 Å². The van der Waals surface area contributed by atoms with Gasteiger partial charge >= 0.3 is 12.1 Å². The van der Waals surface area contributed by atoms with Crippen LogP contribution >= 0.6 is 11.8 Å². The van der Waals surface area contributed by atoms with Crippen LogP contribution in [0.25, 0.3) is 0 Å². The average molecular weight is 368 g/mol. The molecule has 0 saturated carbocycles. The number of hydrogen-bond acceptors (Lipinski definition) is 5. The molecule has 25 heavy (non-hydrogen) atoms. The first-order valence-corrected chi connectivity index (χ1v) is 10.0. The van der Waals surface area contributed by atoms with Crippen molar-refractivity contribution >= 4 is 23.8 Å². The first-order chi connectivity index (χ1) is 12.0. The molecular formula is C19H29NO4S. The van der Waals surface area contributed by atoms with Gasteiger partial charge in [-0.15, -0.1) is 0 Å². The van der Waals surface area contributed by atoms with E-state index in [0.29, 0.717) is 18.9 Å². The molecule has 0 saturated heterocycles. The number of esters is 1. The number of rotatable bonds is 11. The highest BCUT2D eigenvalue weighted by molar-refractivity contribution is 7.98. The maximum Gasteiger partial charge on any atom is 0.408 e. The molecule has 0 radical (unpaired) electrons. The summed E-state index contributed by atoms with van der Waals surface area (Å²) in [5, 5.41) is 2.62. The third-order valence-electron chi connectivity index (χ3n) is 3.57. The van der Waals surface area contributed by atoms with Crippen molar-refractivity contribution in [1.29, 1.82) is 0 Å². The van der Waals surface area contributed by atoms with Gasteiger partial charge in [0.15, 0.2) is 0 Å². The lowest BCUT2D eigenvalue weighted by Crippen LogP contribution is -2.42. The van der Waals surface area contributed by atoms with Crippen LogP contribution in [0.4, 0.5) is 4.79 Å². The first kappa shape index (κ1) is 21.4. The van der Waals surface area contributed by atoms with Crippen LogP contribution in [0.3, 0.4) is 0 Å². The van der Waals surface area contributed by atoms with Gasteiger partial charge in [0.1, 0.15) is 12.6 Å². The molecule has 0 bridgehead atoms. The number of alkyl carbamates (subject to hydrolysis) is 1. The standard InChI is InChI=1S/C19H29NO4S/c1-15(2)8-7-12-23-18(21)17(11-13-25-3)20-19(22)24-14-16-9-5-4-6-10-16/h4-6,9-10,15,17H,7-8,11-14H2,1-3H3,(H,20,22). The zero-order valence-corrected chi connectivity index (χ0v) is 16.1. The molecule has 0 fully saturated rings. The third kappa shape index (κ3) is 10.0. The lowest BCUT2D eigenvalue weighted by Gasteiger charge is -2.17. The van der Waals surface area contributed by atoms with Gasteiger partial charge in [-0.05, 0) is 42.8 Å². The molecule has 1 N–H and O–H groups in total. The second kappa shape index (κ2) is 12.6. The van der Waals surface area contributed by atoms with Gasteiger partial charge in [0, 0.05) is 0 Å². The number of carbonyl (C=O) groups excluding carboxylic acids is 2. The molecule has 1 aromatic rings. The van der Waals surface area contributed by atoms with E-state index in [1.54, 1.807) is 11.8 Å². The largest absolute Gasteiger partial charge is 0.464 e. The summed E-state index contributed by atoms with van der Waals surface area (Å²) in [5.74, 6) is 0.941. The van der Waals surface area contributed by atoms with Gasteiger partial charge in [-0.25, -0.2) is 9.59 Å². The minimum Gasteiger partial charge on any atom is -0.464 e. The van der Waals surface area contributed by atoms with E-state index in [1.807, 2.05) is 36.6 Å². The Balaban J connectivity index is 2.41. The fourth-order valence-electron chi connectivity index (χ4n) is 2.16. The van der Waals surface area contributed by atoms with Crippen molar-refractivity contribution in [2.75, 3.05) is 18.6 Å². The third-order valence-corrected chi connectivity index (χ3v) is 4.21. The summed E-state index contributed by atoms with van der Waals surface area (Å²) in [4.78, 5) is 24.2. The Labute approximate surface area is 154 Å². The lowest BCUT2D eigenvalue weighted by atomic mass is 10.1. The highest BCUT2D eigenvalue weighted by atomic mass is 32.2. The summed E-state index contributed by atoms with van der Waals surface area (Å²) in [5.41, 5.74) is 0.898. The van der Waals surface area contributed by atoms with Crippen LogP contribution in [-0.4, -0.2) is 36.7 Å². The van der Waals surface area contributed by atoms with Gasteiger partial charge < -0.3 is 14.8 Å². The van der Waals surface area contributed by atoms with Crippen molar-refractivity contribution < 1.29 is 19.1 Å². The van der Waals surface area contributed by atoms with Gasteiger partial charge in [0.05, 0.1) is 6.61 Å². The Morgan fingerprint density at radius 3 is 2.48 bits per heavy atom. The van der Waals surface area contributed by atoms with Gasteiger partial charge in [0.25, 0.3) is 0 Å². The zero-order chi connectivity index (χ0) is 18.5. The zero-order valence-electron chi connectivity index (χ0n) is 15.3. The van der Waals surface area contributed by atoms with Gasteiger partial charge in [-0.1, -0.05) is 44.2 Å². The van der Waals surface area contributed by atoms with Crippen molar-refractivity contribution in [3.05, 3.63) is 35.9 Å². The molecule has 1 atom stereocenters. The van der Waals surface area contributed by atoms with Crippen molar-refractivity contribution in [3.8, 4) is 0 Å². The van der Waals surface area contributed by atoms with E-state index in [4.69, 9.17) is 9.47 Å². The number of carbonyl (C=O) groups is 2. The average Bonchev–Trinajstić information content (AvgIpc) is 2.61. The number of hydrogen-bond donors (Lipinski definition) is 1. The Morgan fingerprint density at radius 2 is 1.84 bits per heavy atom. The molecule has 0 aliphatic rings. The Bertz CT molecular complexity index is 507. The van der Waals surface area contributed by atoms with Crippen molar-refractivity contribution in [3.63, 3.8) is 0 Å². The van der Waals surface area contributed by atoms with Crippen molar-refractivity contribution in [2.45, 2.75) is 45.8 Å². The first-order valence-electron chi connectivity index (χ1n) is 8.65. The van der Waals surface area contributed by atoms with Crippen LogP contribution in [0.1, 0.15) is 38.7 Å². The van der Waals surface area contributed by atoms with E-state index in [2.05, 4.69) is 19.2 Å². The molecule has 0 aliphatic heterocycles. The second-order valence-electron chi connectivity index (χ2n) is 6.24. The number of benzene rings is 1. The van der Waals surface area contributed by atoms with Crippen LogP contribution in [0.15, 0.2) is 30.3 Å². The van der Waals surface area contributed by atoms with E-state index in [0.717, 1.165) is 24.2 Å². The smallest absolute Gasteiger partial charge is 0.408 e. The summed E-state index contributed by atoms with van der Waals surface area (Å²) in [6.45, 7) is 4.82. The molecule has 0 spiro atoms. The fourth-order valence-corrected chi connectivity index (χ4v) is 2.63. The maximum atomic E-state index is 12.2. The quantitative estimate of drug-likeness (QED) is 0.473. The molecule has 5 nitrogen and oxygen atoms in total. The molecular weight excluding hydrogens is 338 g/mol. The molecule has 1 rings (SSSR count). The summed E-state index contributed by atoms with van der Waals surface area (Å²) in [6.07, 6.45) is 3.71. The summed E-state index contributed by atoms with van der Waals surface area (Å²) in [7, 11) is 0. The van der Waals surface area contributed by atoms with E-state index < -0.39 is 18.1 Å². The monoisotopic (exact) mass is 367 g/mol. The van der Waals surface area contributed by atoms with Crippen LogP contribution in [-0.2, 0) is 20.9 Å². The molecule has 0 aliphatic carbocycles. The van der Waals surface area contributed by atoms with Crippen LogP contribution in [0.5, 0.6) is 0 Å². The lowest BCUT2D eigenvalue weighted by molar-refractivity contribution is -0.146. The van der Waals surface area contributed by atoms with E-state index in [1.165, 1.54) is 0 Å². The molecule has 1 aromatic carbocycles. The van der Waals surface area contributed by atoms with Gasteiger partial charge in [-0.3, -0.25) is 0 Å². The normalized spacial score (nSPS) is 11.8. The minimum absolute atomic E-state index is 0.172. The van der Waals surface area contributed by atoms with Crippen LogP contribution in [0, 0.1) is 5.92 Å². The second-order valence-corrected chi connectivity index (χ2v) is 7.23. The molecule has 140 valence electrons.